The second kappa shape index (κ2) is 9.75. The number of hydrogen-bond donors (Lipinski definition) is 1. The number of benzene rings is 3. The Bertz CT molecular complexity index is 990. The zero-order valence-electron chi connectivity index (χ0n) is 17.6. The molecule has 5 heteroatoms. The van der Waals surface area contributed by atoms with Crippen molar-refractivity contribution in [3.05, 3.63) is 95.8 Å². The topological polar surface area (TPSA) is 41.6 Å². The zero-order chi connectivity index (χ0) is 21.6. The minimum atomic E-state index is -0.231. The van der Waals surface area contributed by atoms with Crippen molar-refractivity contribution in [1.82, 2.24) is 4.90 Å². The molecule has 1 amide bonds. The van der Waals surface area contributed by atoms with Crippen molar-refractivity contribution in [2.45, 2.75) is 25.4 Å². The molecule has 0 radical (unpaired) electrons. The standard InChI is InChI=1S/C26H27FN2O2/c1-31-24-14-12-23(13-15-24)28-26(30)21-9-16-25(20-7-10-22(27)11-8-20)29(18-21)17-19-5-3-2-4-6-19/h2-8,10-15,21,25H,9,16-18H2,1H3,(H,28,30). The maximum atomic E-state index is 13.4. The number of hydrogen-bond acceptors (Lipinski definition) is 3. The Balaban J connectivity index is 1.49. The van der Waals surface area contributed by atoms with Crippen LogP contribution in [0.5, 0.6) is 5.75 Å². The quantitative estimate of drug-likeness (QED) is 0.581. The molecule has 3 aromatic carbocycles. The molecule has 31 heavy (non-hydrogen) atoms. The summed E-state index contributed by atoms with van der Waals surface area (Å²) in [5.41, 5.74) is 3.05. The fourth-order valence-electron chi connectivity index (χ4n) is 4.23. The average Bonchev–Trinajstić information content (AvgIpc) is 2.81. The van der Waals surface area contributed by atoms with Crippen LogP contribution in [0.2, 0.25) is 0 Å². The Morgan fingerprint density at radius 1 is 1.00 bits per heavy atom. The van der Waals surface area contributed by atoms with Crippen LogP contribution in [-0.2, 0) is 11.3 Å². The number of nitrogens with one attached hydrogen (secondary N) is 1. The molecular formula is C26H27FN2O2. The van der Waals surface area contributed by atoms with Gasteiger partial charge in [0.15, 0.2) is 0 Å². The van der Waals surface area contributed by atoms with E-state index < -0.39 is 0 Å². The number of carbonyl (C=O) groups is 1. The first kappa shape index (κ1) is 21.1. The van der Waals surface area contributed by atoms with Crippen molar-refractivity contribution in [2.24, 2.45) is 5.92 Å². The first-order chi connectivity index (χ1) is 15.1. The lowest BCUT2D eigenvalue weighted by atomic mass is 9.88. The van der Waals surface area contributed by atoms with E-state index in [1.165, 1.54) is 17.7 Å². The summed E-state index contributed by atoms with van der Waals surface area (Å²) in [4.78, 5) is 15.3. The van der Waals surface area contributed by atoms with Crippen LogP contribution in [-0.4, -0.2) is 24.5 Å². The zero-order valence-corrected chi connectivity index (χ0v) is 17.6. The second-order valence-electron chi connectivity index (χ2n) is 7.97. The van der Waals surface area contributed by atoms with Gasteiger partial charge in [-0.1, -0.05) is 42.5 Å². The molecule has 1 aliphatic rings. The van der Waals surface area contributed by atoms with Crippen LogP contribution < -0.4 is 10.1 Å². The number of rotatable bonds is 6. The number of carbonyl (C=O) groups excluding carboxylic acids is 1. The van der Waals surface area contributed by atoms with Gasteiger partial charge in [-0.3, -0.25) is 9.69 Å². The molecule has 3 aromatic rings. The Morgan fingerprint density at radius 3 is 2.39 bits per heavy atom. The van der Waals surface area contributed by atoms with E-state index >= 15 is 0 Å². The maximum absolute atomic E-state index is 13.4. The van der Waals surface area contributed by atoms with Crippen LogP contribution >= 0.6 is 0 Å². The van der Waals surface area contributed by atoms with Gasteiger partial charge in [0.05, 0.1) is 13.0 Å². The van der Waals surface area contributed by atoms with Crippen LogP contribution in [0.4, 0.5) is 10.1 Å². The number of methoxy groups -OCH3 is 1. The fourth-order valence-corrected chi connectivity index (χ4v) is 4.23. The van der Waals surface area contributed by atoms with Crippen molar-refractivity contribution in [1.29, 1.82) is 0 Å². The van der Waals surface area contributed by atoms with Gasteiger partial charge in [0.1, 0.15) is 11.6 Å². The van der Waals surface area contributed by atoms with Gasteiger partial charge in [0, 0.05) is 24.8 Å². The predicted octanol–water partition coefficient (Wildman–Crippen LogP) is 5.43. The summed E-state index contributed by atoms with van der Waals surface area (Å²) in [7, 11) is 1.62. The van der Waals surface area contributed by atoms with Gasteiger partial charge in [-0.25, -0.2) is 4.39 Å². The highest BCUT2D eigenvalue weighted by Gasteiger charge is 2.33. The van der Waals surface area contributed by atoms with Crippen molar-refractivity contribution >= 4 is 11.6 Å². The third kappa shape index (κ3) is 5.30. The van der Waals surface area contributed by atoms with E-state index in [0.717, 1.165) is 36.4 Å². The second-order valence-corrected chi connectivity index (χ2v) is 7.97. The molecule has 0 spiro atoms. The fraction of sp³-hybridized carbons (Fsp3) is 0.269. The van der Waals surface area contributed by atoms with Crippen molar-refractivity contribution in [2.75, 3.05) is 19.0 Å². The molecule has 0 aliphatic carbocycles. The van der Waals surface area contributed by atoms with Crippen molar-refractivity contribution < 1.29 is 13.9 Å². The number of anilines is 1. The van der Waals surface area contributed by atoms with E-state index in [4.69, 9.17) is 4.74 Å². The number of amides is 1. The van der Waals surface area contributed by atoms with Gasteiger partial charge in [-0.2, -0.15) is 0 Å². The summed E-state index contributed by atoms with van der Waals surface area (Å²) >= 11 is 0. The molecule has 1 aliphatic heterocycles. The van der Waals surface area contributed by atoms with Gasteiger partial charge in [0.2, 0.25) is 5.91 Å². The molecule has 160 valence electrons. The lowest BCUT2D eigenvalue weighted by Crippen LogP contribution is -2.42. The Kier molecular flexibility index (Phi) is 6.63. The number of likely N-dealkylation sites (tertiary alicyclic amines) is 1. The number of ether oxygens (including phenoxy) is 1. The smallest absolute Gasteiger partial charge is 0.228 e. The van der Waals surface area contributed by atoms with Crippen LogP contribution in [0.3, 0.4) is 0 Å². The SMILES string of the molecule is COc1ccc(NC(=O)C2CCC(c3ccc(F)cc3)N(Cc3ccccc3)C2)cc1. The molecule has 0 saturated carbocycles. The highest BCUT2D eigenvalue weighted by Crippen LogP contribution is 2.35. The molecule has 1 saturated heterocycles. The van der Waals surface area contributed by atoms with E-state index in [1.807, 2.05) is 54.6 Å². The molecule has 0 bridgehead atoms. The summed E-state index contributed by atoms with van der Waals surface area (Å²) in [6.45, 7) is 1.40. The number of piperidine rings is 1. The van der Waals surface area contributed by atoms with Crippen LogP contribution in [0, 0.1) is 11.7 Å². The molecule has 1 N–H and O–H groups in total. The molecule has 1 fully saturated rings. The minimum absolute atomic E-state index is 0.0285. The van der Waals surface area contributed by atoms with Gasteiger partial charge in [0.25, 0.3) is 0 Å². The summed E-state index contributed by atoms with van der Waals surface area (Å²) in [6, 6.07) is 24.5. The first-order valence-electron chi connectivity index (χ1n) is 10.6. The molecule has 4 rings (SSSR count). The normalized spacial score (nSPS) is 19.0. The largest absolute Gasteiger partial charge is 0.497 e. The molecule has 4 nitrogen and oxygen atoms in total. The third-order valence-electron chi connectivity index (χ3n) is 5.90. The van der Waals surface area contributed by atoms with Crippen LogP contribution in [0.1, 0.15) is 30.0 Å². The maximum Gasteiger partial charge on any atom is 0.228 e. The monoisotopic (exact) mass is 418 g/mol. The Morgan fingerprint density at radius 2 is 1.71 bits per heavy atom. The highest BCUT2D eigenvalue weighted by molar-refractivity contribution is 5.92. The van der Waals surface area contributed by atoms with Gasteiger partial charge in [-0.15, -0.1) is 0 Å². The summed E-state index contributed by atoms with van der Waals surface area (Å²) < 4.78 is 18.6. The minimum Gasteiger partial charge on any atom is -0.497 e. The Labute approximate surface area is 182 Å². The molecular weight excluding hydrogens is 391 g/mol. The van der Waals surface area contributed by atoms with Crippen molar-refractivity contribution in [3.63, 3.8) is 0 Å². The predicted molar refractivity (Wildman–Crippen MR) is 120 cm³/mol. The van der Waals surface area contributed by atoms with Crippen LogP contribution in [0.25, 0.3) is 0 Å². The number of nitrogens with zero attached hydrogens (tertiary/aromatic N) is 1. The summed E-state index contributed by atoms with van der Waals surface area (Å²) in [6.07, 6.45) is 1.63. The van der Waals surface area contributed by atoms with E-state index in [0.29, 0.717) is 6.54 Å². The lowest BCUT2D eigenvalue weighted by Gasteiger charge is -2.39. The molecule has 2 unspecified atom stereocenters. The van der Waals surface area contributed by atoms with E-state index in [-0.39, 0.29) is 23.7 Å². The molecule has 0 aromatic heterocycles. The highest BCUT2D eigenvalue weighted by atomic mass is 19.1. The van der Waals surface area contributed by atoms with E-state index in [9.17, 15) is 9.18 Å². The van der Waals surface area contributed by atoms with Crippen molar-refractivity contribution in [3.8, 4) is 5.75 Å². The van der Waals surface area contributed by atoms with Gasteiger partial charge >= 0.3 is 0 Å². The van der Waals surface area contributed by atoms with E-state index in [1.54, 1.807) is 7.11 Å². The average molecular weight is 419 g/mol. The van der Waals surface area contributed by atoms with Crippen LogP contribution in [0.15, 0.2) is 78.9 Å². The van der Waals surface area contributed by atoms with Gasteiger partial charge < -0.3 is 10.1 Å². The van der Waals surface area contributed by atoms with E-state index in [2.05, 4.69) is 22.3 Å². The first-order valence-corrected chi connectivity index (χ1v) is 10.6. The third-order valence-corrected chi connectivity index (χ3v) is 5.90. The Hall–Kier alpha value is -3.18. The molecule has 1 heterocycles. The summed E-state index contributed by atoms with van der Waals surface area (Å²) in [5, 5.41) is 3.04. The summed E-state index contributed by atoms with van der Waals surface area (Å²) in [5.74, 6) is 0.445. The lowest BCUT2D eigenvalue weighted by molar-refractivity contribution is -0.122. The number of halogens is 1. The molecule has 2 atom stereocenters. The van der Waals surface area contributed by atoms with Gasteiger partial charge in [-0.05, 0) is 60.4 Å².